The number of furan rings is 1. The van der Waals surface area contributed by atoms with Gasteiger partial charge in [-0.3, -0.25) is 4.79 Å². The van der Waals surface area contributed by atoms with Crippen molar-refractivity contribution in [3.05, 3.63) is 57.8 Å². The molecule has 4 rings (SSSR count). The van der Waals surface area contributed by atoms with Gasteiger partial charge in [-0.2, -0.15) is 0 Å². The highest BCUT2D eigenvalue weighted by atomic mass is 79.9. The minimum atomic E-state index is -0.473. The minimum absolute atomic E-state index is 0.0361. The highest BCUT2D eigenvalue weighted by Gasteiger charge is 2.38. The zero-order valence-corrected chi connectivity index (χ0v) is 23.3. The van der Waals surface area contributed by atoms with Crippen LogP contribution in [0.5, 0.6) is 28.9 Å². The first-order valence-corrected chi connectivity index (χ1v) is 12.5. The lowest BCUT2D eigenvalue weighted by Crippen LogP contribution is -2.33. The van der Waals surface area contributed by atoms with E-state index in [2.05, 4.69) is 61.1 Å². The molecule has 0 aliphatic heterocycles. The van der Waals surface area contributed by atoms with Gasteiger partial charge in [0, 0.05) is 18.2 Å². The Hall–Kier alpha value is -3.13. The summed E-state index contributed by atoms with van der Waals surface area (Å²) in [7, 11) is 4.54. The maximum Gasteiger partial charge on any atom is 0.291 e. The standard InChI is InChI=1S/C28H32BrNO6/c1-27(2)10-11-28(3,4)18-15-21(19(29)14-17(18)27)36-24-9-8-20(35-24)26(31)30-25-22(33-6)12-16(32-5)13-23(25)34-7/h8-9,12-15H,10-11H2,1-7H3,(H,30,31). The van der Waals surface area contributed by atoms with E-state index in [1.54, 1.807) is 31.4 Å². The zero-order valence-electron chi connectivity index (χ0n) is 21.7. The summed E-state index contributed by atoms with van der Waals surface area (Å²) < 4.78 is 28.7. The molecule has 1 N–H and O–H groups in total. The van der Waals surface area contributed by atoms with Crippen molar-refractivity contribution in [2.75, 3.05) is 26.6 Å². The number of ether oxygens (including phenoxy) is 4. The molecule has 7 nitrogen and oxygen atoms in total. The molecule has 0 fully saturated rings. The van der Waals surface area contributed by atoms with Gasteiger partial charge in [0.15, 0.2) is 5.76 Å². The maximum atomic E-state index is 13.0. The zero-order chi connectivity index (χ0) is 26.3. The second kappa shape index (κ2) is 9.73. The Morgan fingerprint density at radius 3 is 2.00 bits per heavy atom. The lowest BCUT2D eigenvalue weighted by Gasteiger charge is -2.42. The van der Waals surface area contributed by atoms with Crippen LogP contribution in [-0.2, 0) is 10.8 Å². The van der Waals surface area contributed by atoms with Crippen LogP contribution in [-0.4, -0.2) is 27.2 Å². The highest BCUT2D eigenvalue weighted by Crippen LogP contribution is 2.49. The van der Waals surface area contributed by atoms with Crippen LogP contribution in [0.25, 0.3) is 0 Å². The van der Waals surface area contributed by atoms with E-state index in [4.69, 9.17) is 23.4 Å². The summed E-state index contributed by atoms with van der Waals surface area (Å²) in [5.74, 6) is 1.79. The molecule has 8 heteroatoms. The molecular weight excluding hydrogens is 526 g/mol. The van der Waals surface area contributed by atoms with Gasteiger partial charge in [-0.1, -0.05) is 27.7 Å². The van der Waals surface area contributed by atoms with Crippen LogP contribution in [0.1, 0.15) is 62.2 Å². The predicted octanol–water partition coefficient (Wildman–Crippen LogP) is 7.46. The molecule has 0 saturated heterocycles. The van der Waals surface area contributed by atoms with Gasteiger partial charge in [0.25, 0.3) is 11.9 Å². The van der Waals surface area contributed by atoms with Gasteiger partial charge in [-0.25, -0.2) is 0 Å². The number of methoxy groups -OCH3 is 3. The Balaban J connectivity index is 1.58. The highest BCUT2D eigenvalue weighted by molar-refractivity contribution is 9.10. The second-order valence-electron chi connectivity index (χ2n) is 10.2. The molecular formula is C28H32BrNO6. The van der Waals surface area contributed by atoms with Crippen molar-refractivity contribution >= 4 is 27.5 Å². The third-order valence-corrected chi connectivity index (χ3v) is 7.49. The van der Waals surface area contributed by atoms with Crippen molar-refractivity contribution in [1.82, 2.24) is 0 Å². The number of benzene rings is 2. The van der Waals surface area contributed by atoms with Crippen LogP contribution in [0, 0.1) is 0 Å². The van der Waals surface area contributed by atoms with E-state index in [9.17, 15) is 4.79 Å². The third kappa shape index (κ3) is 4.91. The Kier molecular flexibility index (Phi) is 7.01. The van der Waals surface area contributed by atoms with Crippen LogP contribution in [0.4, 0.5) is 5.69 Å². The molecule has 0 unspecified atom stereocenters. The van der Waals surface area contributed by atoms with E-state index in [0.29, 0.717) is 28.7 Å². The van der Waals surface area contributed by atoms with Gasteiger partial charge in [-0.15, -0.1) is 0 Å². The van der Waals surface area contributed by atoms with Crippen LogP contribution in [0.15, 0.2) is 45.3 Å². The van der Waals surface area contributed by atoms with Crippen LogP contribution in [0.2, 0.25) is 0 Å². The molecule has 0 saturated carbocycles. The van der Waals surface area contributed by atoms with E-state index in [1.807, 2.05) is 0 Å². The van der Waals surface area contributed by atoms with Crippen molar-refractivity contribution < 1.29 is 28.2 Å². The van der Waals surface area contributed by atoms with Gasteiger partial charge >= 0.3 is 0 Å². The van der Waals surface area contributed by atoms with E-state index in [1.165, 1.54) is 25.3 Å². The number of carbonyl (C=O) groups excluding carboxylic acids is 1. The molecule has 0 spiro atoms. The van der Waals surface area contributed by atoms with Crippen molar-refractivity contribution in [2.24, 2.45) is 0 Å². The molecule has 192 valence electrons. The number of halogens is 1. The average Bonchev–Trinajstić information content (AvgIpc) is 3.31. The van der Waals surface area contributed by atoms with E-state index < -0.39 is 5.91 Å². The number of anilines is 1. The molecule has 1 aliphatic rings. The van der Waals surface area contributed by atoms with E-state index in [-0.39, 0.29) is 22.5 Å². The smallest absolute Gasteiger partial charge is 0.291 e. The summed E-state index contributed by atoms with van der Waals surface area (Å²) in [5.41, 5.74) is 3.08. The lowest BCUT2D eigenvalue weighted by atomic mass is 9.63. The minimum Gasteiger partial charge on any atom is -0.496 e. The first-order chi connectivity index (χ1) is 17.0. The number of hydrogen-bond acceptors (Lipinski definition) is 6. The number of nitrogens with one attached hydrogen (secondary N) is 1. The maximum absolute atomic E-state index is 13.0. The van der Waals surface area contributed by atoms with Gasteiger partial charge < -0.3 is 28.7 Å². The summed E-state index contributed by atoms with van der Waals surface area (Å²) in [6.07, 6.45) is 2.22. The normalized spacial score (nSPS) is 15.6. The fourth-order valence-corrected chi connectivity index (χ4v) is 4.98. The summed E-state index contributed by atoms with van der Waals surface area (Å²) in [6, 6.07) is 10.7. The first-order valence-electron chi connectivity index (χ1n) is 11.7. The number of amides is 1. The fourth-order valence-electron chi connectivity index (χ4n) is 4.56. The molecule has 1 amide bonds. The monoisotopic (exact) mass is 557 g/mol. The quantitative estimate of drug-likeness (QED) is 0.324. The van der Waals surface area contributed by atoms with Crippen molar-refractivity contribution in [3.8, 4) is 28.9 Å². The molecule has 1 aliphatic carbocycles. The number of fused-ring (bicyclic) bond motifs is 1. The largest absolute Gasteiger partial charge is 0.496 e. The number of hydrogen-bond donors (Lipinski definition) is 1. The molecule has 1 heterocycles. The van der Waals surface area contributed by atoms with Gasteiger partial charge in [0.05, 0.1) is 25.8 Å². The summed E-state index contributed by atoms with van der Waals surface area (Å²) in [4.78, 5) is 13.0. The fraction of sp³-hybridized carbons (Fsp3) is 0.393. The lowest BCUT2D eigenvalue weighted by molar-refractivity contribution is 0.0991. The van der Waals surface area contributed by atoms with E-state index >= 15 is 0 Å². The summed E-state index contributed by atoms with van der Waals surface area (Å²) in [6.45, 7) is 9.07. The summed E-state index contributed by atoms with van der Waals surface area (Å²) >= 11 is 3.66. The van der Waals surface area contributed by atoms with Crippen molar-refractivity contribution in [2.45, 2.75) is 51.4 Å². The molecule has 3 aromatic rings. The molecule has 2 aromatic carbocycles. The molecule has 1 aromatic heterocycles. The van der Waals surface area contributed by atoms with Crippen molar-refractivity contribution in [3.63, 3.8) is 0 Å². The van der Waals surface area contributed by atoms with Gasteiger partial charge in [0.1, 0.15) is 28.7 Å². The SMILES string of the molecule is COc1cc(OC)c(NC(=O)c2ccc(Oc3cc4c(cc3Br)C(C)(C)CCC4(C)C)o2)c(OC)c1. The molecule has 0 atom stereocenters. The van der Waals surface area contributed by atoms with Crippen LogP contribution < -0.4 is 24.3 Å². The van der Waals surface area contributed by atoms with Crippen molar-refractivity contribution in [1.29, 1.82) is 0 Å². The van der Waals surface area contributed by atoms with Gasteiger partial charge in [-0.05, 0) is 68.9 Å². The second-order valence-corrected chi connectivity index (χ2v) is 11.0. The summed E-state index contributed by atoms with van der Waals surface area (Å²) in [5, 5.41) is 2.79. The Morgan fingerprint density at radius 2 is 1.44 bits per heavy atom. The molecule has 0 bridgehead atoms. The Morgan fingerprint density at radius 1 is 0.861 bits per heavy atom. The molecule has 36 heavy (non-hydrogen) atoms. The number of carbonyl (C=O) groups is 1. The first kappa shape index (κ1) is 25.9. The van der Waals surface area contributed by atoms with Crippen LogP contribution in [0.3, 0.4) is 0 Å². The van der Waals surface area contributed by atoms with Crippen LogP contribution >= 0.6 is 15.9 Å². The molecule has 0 radical (unpaired) electrons. The topological polar surface area (TPSA) is 79.2 Å². The van der Waals surface area contributed by atoms with E-state index in [0.717, 1.165) is 17.3 Å². The number of rotatable bonds is 7. The third-order valence-electron chi connectivity index (χ3n) is 6.87. The van der Waals surface area contributed by atoms with Gasteiger partial charge in [0.2, 0.25) is 0 Å². The Bertz CT molecular complexity index is 1270. The Labute approximate surface area is 220 Å². The predicted molar refractivity (Wildman–Crippen MR) is 142 cm³/mol. The average molecular weight is 558 g/mol.